The predicted molar refractivity (Wildman–Crippen MR) is 92.8 cm³/mol. The lowest BCUT2D eigenvalue weighted by Gasteiger charge is -2.14. The summed E-state index contributed by atoms with van der Waals surface area (Å²) in [5, 5.41) is 9.39. The molecule has 0 saturated carbocycles. The van der Waals surface area contributed by atoms with Crippen LogP contribution in [0.1, 0.15) is 23.6 Å². The monoisotopic (exact) mass is 392 g/mol. The summed E-state index contributed by atoms with van der Waals surface area (Å²) in [4.78, 5) is 14.8. The van der Waals surface area contributed by atoms with Gasteiger partial charge in [-0.3, -0.25) is 4.79 Å². The van der Waals surface area contributed by atoms with Gasteiger partial charge in [-0.15, -0.1) is 12.4 Å². The van der Waals surface area contributed by atoms with E-state index >= 15 is 0 Å². The van der Waals surface area contributed by atoms with Crippen molar-refractivity contribution in [2.24, 2.45) is 0 Å². The highest BCUT2D eigenvalue weighted by atomic mass is 35.5. The molecule has 1 aromatic heterocycles. The quantitative estimate of drug-likeness (QED) is 0.591. The number of nitrogens with zero attached hydrogens (tertiary/aromatic N) is 2. The number of carboxylic acids is 1. The van der Waals surface area contributed by atoms with Crippen LogP contribution in [0.15, 0.2) is 29.7 Å². The Labute approximate surface area is 151 Å². The first-order chi connectivity index (χ1) is 11.0. The molecule has 130 valence electrons. The molecule has 0 radical (unpaired) electrons. The molecule has 0 amide bonds. The molecule has 3 rings (SSSR count). The van der Waals surface area contributed by atoms with Crippen LogP contribution >= 0.6 is 34.0 Å². The lowest BCUT2D eigenvalue weighted by Crippen LogP contribution is -2.09. The van der Waals surface area contributed by atoms with Crippen molar-refractivity contribution < 1.29 is 18.7 Å². The fourth-order valence-corrected chi connectivity index (χ4v) is 4.74. The number of imidazole rings is 1. The lowest BCUT2D eigenvalue weighted by atomic mass is 10.1. The lowest BCUT2D eigenvalue weighted by molar-refractivity contribution is -0.136. The molecule has 1 heterocycles. The molecule has 0 aliphatic heterocycles. The van der Waals surface area contributed by atoms with E-state index < -0.39 is 17.6 Å². The van der Waals surface area contributed by atoms with Gasteiger partial charge in [0, 0.05) is 30.3 Å². The average Bonchev–Trinajstić information content (AvgIpc) is 3.09. The summed E-state index contributed by atoms with van der Waals surface area (Å²) >= 11 is 0. The van der Waals surface area contributed by atoms with Gasteiger partial charge in [-0.25, -0.2) is 13.8 Å². The van der Waals surface area contributed by atoms with Crippen molar-refractivity contribution in [1.82, 2.24) is 9.55 Å². The highest BCUT2D eigenvalue weighted by Crippen LogP contribution is 2.37. The minimum atomic E-state index is -0.829. The van der Waals surface area contributed by atoms with Crippen molar-refractivity contribution in [2.75, 3.05) is 5.75 Å². The highest BCUT2D eigenvalue weighted by molar-refractivity contribution is 8.76. The smallest absolute Gasteiger partial charge is 0.304 e. The normalized spacial score (nSPS) is 15.8. The second-order valence-electron chi connectivity index (χ2n) is 5.25. The number of carbonyl (C=O) groups is 1. The van der Waals surface area contributed by atoms with Gasteiger partial charge in [-0.2, -0.15) is 0 Å². The van der Waals surface area contributed by atoms with Gasteiger partial charge in [-0.1, -0.05) is 10.8 Å². The molecule has 1 N–H and O–H groups in total. The largest absolute Gasteiger partial charge is 0.481 e. The second kappa shape index (κ2) is 8.22. The summed E-state index contributed by atoms with van der Waals surface area (Å²) in [6.07, 6.45) is 4.65. The molecule has 1 atom stereocenters. The highest BCUT2D eigenvalue weighted by Gasteiger charge is 2.27. The molecular weight excluding hydrogens is 378 g/mol. The number of aliphatic carboxylic acids is 1. The number of fused-ring (bicyclic) bond motifs is 1. The van der Waals surface area contributed by atoms with Gasteiger partial charge in [0.15, 0.2) is 5.16 Å². The van der Waals surface area contributed by atoms with Crippen molar-refractivity contribution in [3.8, 4) is 0 Å². The zero-order valence-corrected chi connectivity index (χ0v) is 14.9. The van der Waals surface area contributed by atoms with E-state index in [4.69, 9.17) is 5.11 Å². The molecule has 2 aromatic rings. The zero-order valence-electron chi connectivity index (χ0n) is 12.4. The second-order valence-corrected chi connectivity index (χ2v) is 7.64. The van der Waals surface area contributed by atoms with Crippen LogP contribution in [0.25, 0.3) is 0 Å². The maximum Gasteiger partial charge on any atom is 0.304 e. The number of rotatable bonds is 6. The Morgan fingerprint density at radius 2 is 2.17 bits per heavy atom. The van der Waals surface area contributed by atoms with Crippen LogP contribution in [-0.2, 0) is 17.6 Å². The third-order valence-corrected chi connectivity index (χ3v) is 5.96. The molecule has 0 saturated heterocycles. The van der Waals surface area contributed by atoms with Gasteiger partial charge < -0.3 is 9.67 Å². The van der Waals surface area contributed by atoms with Crippen molar-refractivity contribution in [3.63, 3.8) is 0 Å². The average molecular weight is 393 g/mol. The van der Waals surface area contributed by atoms with Gasteiger partial charge in [0.05, 0.1) is 6.42 Å². The maximum absolute atomic E-state index is 13.9. The molecule has 1 unspecified atom stereocenters. The fraction of sp³-hybridized carbons (Fsp3) is 0.333. The van der Waals surface area contributed by atoms with Gasteiger partial charge in [0.1, 0.15) is 11.6 Å². The molecule has 1 aliphatic carbocycles. The summed E-state index contributed by atoms with van der Waals surface area (Å²) in [7, 11) is 2.83. The molecule has 24 heavy (non-hydrogen) atoms. The Hall–Kier alpha value is -1.25. The van der Waals surface area contributed by atoms with E-state index in [2.05, 4.69) is 4.98 Å². The minimum absolute atomic E-state index is 0. The van der Waals surface area contributed by atoms with Crippen molar-refractivity contribution >= 4 is 40.0 Å². The Kier molecular flexibility index (Phi) is 6.54. The van der Waals surface area contributed by atoms with Crippen LogP contribution in [0.2, 0.25) is 0 Å². The molecule has 1 aliphatic rings. The van der Waals surface area contributed by atoms with Crippen LogP contribution in [0, 0.1) is 11.6 Å². The van der Waals surface area contributed by atoms with E-state index in [-0.39, 0.29) is 24.9 Å². The first kappa shape index (κ1) is 19.1. The molecule has 9 heteroatoms. The molecule has 0 spiro atoms. The zero-order chi connectivity index (χ0) is 16.4. The standard InChI is InChI=1S/C15H14F2N2O2S2.ClH/c16-10-5-9-6-11(8-12(9)13(17)7-10)19-3-2-18-15(19)23-22-4-1-14(20)21;/h2-3,5,7,11H,1,4,6,8H2,(H,20,21);1H. The van der Waals surface area contributed by atoms with Crippen LogP contribution in [0.3, 0.4) is 0 Å². The summed E-state index contributed by atoms with van der Waals surface area (Å²) in [5.74, 6) is -1.39. The van der Waals surface area contributed by atoms with Gasteiger partial charge in [0.25, 0.3) is 0 Å². The number of aromatic nitrogens is 2. The number of carboxylic acid groups (broad SMARTS) is 1. The summed E-state index contributed by atoms with van der Waals surface area (Å²) in [5.41, 5.74) is 1.27. The van der Waals surface area contributed by atoms with E-state index in [1.54, 1.807) is 6.20 Å². The Morgan fingerprint density at radius 1 is 1.38 bits per heavy atom. The van der Waals surface area contributed by atoms with Gasteiger partial charge in [0.2, 0.25) is 0 Å². The van der Waals surface area contributed by atoms with E-state index in [0.717, 1.165) is 11.2 Å². The molecule has 0 fully saturated rings. The number of hydrogen-bond donors (Lipinski definition) is 1. The Morgan fingerprint density at radius 3 is 2.92 bits per heavy atom. The van der Waals surface area contributed by atoms with E-state index in [0.29, 0.717) is 29.7 Å². The van der Waals surface area contributed by atoms with Crippen LogP contribution < -0.4 is 0 Å². The molecule has 4 nitrogen and oxygen atoms in total. The topological polar surface area (TPSA) is 55.1 Å². The minimum Gasteiger partial charge on any atom is -0.481 e. The van der Waals surface area contributed by atoms with Crippen molar-refractivity contribution in [3.05, 3.63) is 47.3 Å². The Balaban J connectivity index is 0.00000208. The SMILES string of the molecule is Cl.O=C(O)CCSSc1nccn1C1Cc2cc(F)cc(F)c2C1. The first-order valence-electron chi connectivity index (χ1n) is 7.05. The number of hydrogen-bond acceptors (Lipinski definition) is 4. The van der Waals surface area contributed by atoms with Crippen molar-refractivity contribution in [2.45, 2.75) is 30.5 Å². The number of benzene rings is 1. The van der Waals surface area contributed by atoms with E-state index in [1.165, 1.54) is 27.7 Å². The van der Waals surface area contributed by atoms with Gasteiger partial charge in [-0.05, 0) is 40.8 Å². The third kappa shape index (κ3) is 4.23. The fourth-order valence-electron chi connectivity index (χ4n) is 2.69. The first-order valence-corrected chi connectivity index (χ1v) is 9.37. The van der Waals surface area contributed by atoms with Crippen LogP contribution in [-0.4, -0.2) is 26.4 Å². The van der Waals surface area contributed by atoms with Crippen molar-refractivity contribution in [1.29, 1.82) is 0 Å². The number of halogens is 3. The molecular formula is C15H15ClF2N2O2S2. The summed E-state index contributed by atoms with van der Waals surface area (Å²) in [6, 6.07) is 2.32. The van der Waals surface area contributed by atoms with Crippen LogP contribution in [0.5, 0.6) is 0 Å². The molecule has 1 aromatic carbocycles. The van der Waals surface area contributed by atoms with E-state index in [1.807, 2.05) is 10.8 Å². The van der Waals surface area contributed by atoms with E-state index in [9.17, 15) is 13.6 Å². The summed E-state index contributed by atoms with van der Waals surface area (Å²) < 4.78 is 29.1. The Bertz CT molecular complexity index is 742. The summed E-state index contributed by atoms with van der Waals surface area (Å²) in [6.45, 7) is 0. The predicted octanol–water partition coefficient (Wildman–Crippen LogP) is 4.14. The van der Waals surface area contributed by atoms with Crippen LogP contribution in [0.4, 0.5) is 8.78 Å². The maximum atomic E-state index is 13.9. The third-order valence-electron chi connectivity index (χ3n) is 3.71. The molecule has 0 bridgehead atoms. The van der Waals surface area contributed by atoms with Gasteiger partial charge >= 0.3 is 5.97 Å².